The molecule has 0 saturated heterocycles. The molecule has 1 aromatic rings. The molecule has 0 amide bonds. The van der Waals surface area contributed by atoms with Crippen LogP contribution >= 0.6 is 11.8 Å². The average molecular weight is 290 g/mol. The second kappa shape index (κ2) is 8.18. The average Bonchev–Trinajstić information content (AvgIpc) is 2.49. The van der Waals surface area contributed by atoms with E-state index in [1.165, 1.54) is 4.90 Å². The quantitative estimate of drug-likeness (QED) is 0.620. The van der Waals surface area contributed by atoms with Crippen LogP contribution in [0.15, 0.2) is 29.2 Å². The summed E-state index contributed by atoms with van der Waals surface area (Å²) in [6.45, 7) is 0.258. The third-order valence-electron chi connectivity index (χ3n) is 3.65. The molecule has 108 valence electrons. The Hall–Kier alpha value is -1.18. The highest BCUT2D eigenvalue weighted by molar-refractivity contribution is 7.99. The molecule has 0 radical (unpaired) electrons. The van der Waals surface area contributed by atoms with Gasteiger partial charge in [0.2, 0.25) is 0 Å². The molecule has 0 unspecified atom stereocenters. The fraction of sp³-hybridized carbons (Fsp3) is 0.562. The Morgan fingerprint density at radius 1 is 1.30 bits per heavy atom. The molecule has 3 nitrogen and oxygen atoms in total. The zero-order valence-electron chi connectivity index (χ0n) is 11.7. The number of aliphatic hydroxyl groups excluding tert-OH is 1. The van der Waals surface area contributed by atoms with Crippen LogP contribution in [-0.2, 0) is 0 Å². The third kappa shape index (κ3) is 4.73. The predicted octanol–water partition coefficient (Wildman–Crippen LogP) is 3.66. The Morgan fingerprint density at radius 3 is 2.80 bits per heavy atom. The van der Waals surface area contributed by atoms with Crippen molar-refractivity contribution in [3.63, 3.8) is 0 Å². The number of hydrogen-bond acceptors (Lipinski definition) is 4. The first-order valence-corrected chi connectivity index (χ1v) is 8.30. The maximum atomic E-state index is 9.02. The van der Waals surface area contributed by atoms with E-state index in [1.807, 2.05) is 0 Å². The van der Waals surface area contributed by atoms with Gasteiger partial charge < -0.3 is 10.4 Å². The molecule has 1 aromatic carbocycles. The molecule has 1 aliphatic rings. The minimum Gasteiger partial charge on any atom is -0.396 e. The van der Waals surface area contributed by atoms with E-state index >= 15 is 0 Å². The number of anilines is 1. The third-order valence-corrected chi connectivity index (χ3v) is 4.75. The summed E-state index contributed by atoms with van der Waals surface area (Å²) in [4.78, 5) is 1.24. The molecule has 0 heterocycles. The van der Waals surface area contributed by atoms with Crippen LogP contribution < -0.4 is 5.32 Å². The van der Waals surface area contributed by atoms with Crippen molar-refractivity contribution in [2.75, 3.05) is 17.7 Å². The molecule has 20 heavy (non-hydrogen) atoms. The highest BCUT2D eigenvalue weighted by Gasteiger charge is 2.21. The van der Waals surface area contributed by atoms with Gasteiger partial charge in [0.15, 0.2) is 0 Å². The summed E-state index contributed by atoms with van der Waals surface area (Å²) in [6, 6.07) is 11.3. The van der Waals surface area contributed by atoms with Gasteiger partial charge in [0.05, 0.1) is 6.07 Å². The number of nitrogens with zero attached hydrogens (tertiary/aromatic N) is 1. The number of nitrogens with one attached hydrogen (secondary N) is 1. The van der Waals surface area contributed by atoms with Gasteiger partial charge in [-0.1, -0.05) is 6.42 Å². The molecule has 0 bridgehead atoms. The Balaban J connectivity index is 1.82. The van der Waals surface area contributed by atoms with E-state index in [9.17, 15) is 0 Å². The molecule has 1 saturated carbocycles. The molecule has 0 aliphatic heterocycles. The summed E-state index contributed by atoms with van der Waals surface area (Å²) in [5, 5.41) is 21.3. The lowest BCUT2D eigenvalue weighted by Gasteiger charge is -2.27. The summed E-state index contributed by atoms with van der Waals surface area (Å²) < 4.78 is 0. The maximum Gasteiger partial charge on any atom is 0.0656 e. The van der Waals surface area contributed by atoms with Crippen LogP contribution in [0, 0.1) is 17.2 Å². The highest BCUT2D eigenvalue weighted by Crippen LogP contribution is 2.27. The van der Waals surface area contributed by atoms with Crippen LogP contribution in [0.25, 0.3) is 0 Å². The number of aliphatic hydroxyl groups is 1. The van der Waals surface area contributed by atoms with Gasteiger partial charge in [-0.05, 0) is 49.9 Å². The normalized spacial score (nSPS) is 22.2. The molecule has 2 atom stereocenters. The standard InChI is InChI=1S/C16H22N2OS/c17-12-13-3-1-4-15(11-13)18-14-5-7-16(8-6-14)20-10-2-9-19/h5-8,13,15,18-19H,1-4,9-11H2/t13-,15-/m1/s1. The highest BCUT2D eigenvalue weighted by atomic mass is 32.2. The smallest absolute Gasteiger partial charge is 0.0656 e. The van der Waals surface area contributed by atoms with E-state index < -0.39 is 0 Å². The number of benzene rings is 1. The van der Waals surface area contributed by atoms with E-state index in [1.54, 1.807) is 11.8 Å². The van der Waals surface area contributed by atoms with E-state index in [4.69, 9.17) is 10.4 Å². The van der Waals surface area contributed by atoms with Gasteiger partial charge in [-0.3, -0.25) is 0 Å². The van der Waals surface area contributed by atoms with Crippen molar-refractivity contribution < 1.29 is 5.11 Å². The Labute approximate surface area is 125 Å². The Morgan fingerprint density at radius 2 is 2.10 bits per heavy atom. The zero-order chi connectivity index (χ0) is 14.2. The minimum atomic E-state index is 0.217. The molecule has 1 aliphatic carbocycles. The van der Waals surface area contributed by atoms with E-state index in [2.05, 4.69) is 35.7 Å². The van der Waals surface area contributed by atoms with Crippen LogP contribution in [0.1, 0.15) is 32.1 Å². The number of thioether (sulfide) groups is 1. The largest absolute Gasteiger partial charge is 0.396 e. The molecule has 4 heteroatoms. The van der Waals surface area contributed by atoms with E-state index in [0.717, 1.165) is 43.5 Å². The molecular weight excluding hydrogens is 268 g/mol. The molecular formula is C16H22N2OS. The van der Waals surface area contributed by atoms with Gasteiger partial charge in [-0.2, -0.15) is 5.26 Å². The van der Waals surface area contributed by atoms with Crippen molar-refractivity contribution in [3.8, 4) is 6.07 Å². The summed E-state index contributed by atoms with van der Waals surface area (Å²) >= 11 is 1.77. The lowest BCUT2D eigenvalue weighted by Crippen LogP contribution is -2.26. The first kappa shape index (κ1) is 15.2. The van der Waals surface area contributed by atoms with E-state index in [0.29, 0.717) is 6.04 Å². The fourth-order valence-electron chi connectivity index (χ4n) is 2.58. The summed E-state index contributed by atoms with van der Waals surface area (Å²) in [7, 11) is 0. The number of hydrogen-bond donors (Lipinski definition) is 2. The topological polar surface area (TPSA) is 56.0 Å². The fourth-order valence-corrected chi connectivity index (χ4v) is 3.41. The molecule has 2 N–H and O–H groups in total. The molecule has 1 fully saturated rings. The number of nitriles is 1. The molecule has 0 spiro atoms. The van der Waals surface area contributed by atoms with Gasteiger partial charge in [0.25, 0.3) is 0 Å². The molecule has 0 aromatic heterocycles. The second-order valence-corrected chi connectivity index (χ2v) is 6.45. The summed E-state index contributed by atoms with van der Waals surface area (Å²) in [6.07, 6.45) is 5.15. The summed E-state index contributed by atoms with van der Waals surface area (Å²) in [5.41, 5.74) is 1.14. The maximum absolute atomic E-state index is 9.02. The lowest BCUT2D eigenvalue weighted by molar-refractivity contribution is 0.296. The Bertz CT molecular complexity index is 441. The summed E-state index contributed by atoms with van der Waals surface area (Å²) in [5.74, 6) is 1.17. The first-order valence-electron chi connectivity index (χ1n) is 7.31. The zero-order valence-corrected chi connectivity index (χ0v) is 12.5. The predicted molar refractivity (Wildman–Crippen MR) is 83.9 cm³/mol. The van der Waals surface area contributed by atoms with Crippen LogP contribution in [0.2, 0.25) is 0 Å². The van der Waals surface area contributed by atoms with Crippen LogP contribution in [0.5, 0.6) is 0 Å². The second-order valence-electron chi connectivity index (χ2n) is 5.28. The molecule has 2 rings (SSSR count). The van der Waals surface area contributed by atoms with Gasteiger partial charge in [0.1, 0.15) is 0 Å². The lowest BCUT2D eigenvalue weighted by atomic mass is 9.86. The minimum absolute atomic E-state index is 0.217. The van der Waals surface area contributed by atoms with Gasteiger partial charge >= 0.3 is 0 Å². The van der Waals surface area contributed by atoms with Gasteiger partial charge in [0, 0.05) is 34.9 Å². The van der Waals surface area contributed by atoms with Gasteiger partial charge in [-0.25, -0.2) is 0 Å². The van der Waals surface area contributed by atoms with Crippen molar-refractivity contribution in [1.82, 2.24) is 0 Å². The van der Waals surface area contributed by atoms with Crippen LogP contribution in [0.3, 0.4) is 0 Å². The van der Waals surface area contributed by atoms with Crippen molar-refractivity contribution in [2.45, 2.75) is 43.0 Å². The van der Waals surface area contributed by atoms with Crippen LogP contribution in [0.4, 0.5) is 5.69 Å². The van der Waals surface area contributed by atoms with Gasteiger partial charge in [-0.15, -0.1) is 11.8 Å². The van der Waals surface area contributed by atoms with Crippen molar-refractivity contribution in [3.05, 3.63) is 24.3 Å². The number of rotatable bonds is 6. The van der Waals surface area contributed by atoms with E-state index in [-0.39, 0.29) is 12.5 Å². The Kier molecular flexibility index (Phi) is 6.23. The van der Waals surface area contributed by atoms with Crippen LogP contribution in [-0.4, -0.2) is 23.5 Å². The van der Waals surface area contributed by atoms with Crippen molar-refractivity contribution in [2.24, 2.45) is 5.92 Å². The van der Waals surface area contributed by atoms with Crippen molar-refractivity contribution >= 4 is 17.4 Å². The SMILES string of the molecule is N#C[C@@H]1CCC[C@@H](Nc2ccc(SCCCO)cc2)C1. The monoisotopic (exact) mass is 290 g/mol. The van der Waals surface area contributed by atoms with Crippen molar-refractivity contribution in [1.29, 1.82) is 5.26 Å². The first-order chi connectivity index (χ1) is 9.81.